The maximum absolute atomic E-state index is 14.2. The van der Waals surface area contributed by atoms with E-state index in [9.17, 15) is 37.3 Å². The Hall–Kier alpha value is -1.63. The third-order valence-electron chi connectivity index (χ3n) is 4.23. The molecule has 0 saturated carbocycles. The fourth-order valence-electron chi connectivity index (χ4n) is 2.82. The zero-order valence-electron chi connectivity index (χ0n) is 14.1. The molecule has 152 valence electrons. The van der Waals surface area contributed by atoms with Gasteiger partial charge in [0.2, 0.25) is 11.6 Å². The van der Waals surface area contributed by atoms with E-state index < -0.39 is 63.7 Å². The first kappa shape index (κ1) is 21.7. The zero-order chi connectivity index (χ0) is 20.5. The lowest BCUT2D eigenvalue weighted by Gasteiger charge is -2.33. The van der Waals surface area contributed by atoms with Crippen LogP contribution in [-0.2, 0) is 17.6 Å². The Morgan fingerprint density at radius 1 is 1.44 bits per heavy atom. The van der Waals surface area contributed by atoms with Crippen molar-refractivity contribution in [3.63, 3.8) is 0 Å². The Morgan fingerprint density at radius 3 is 2.63 bits per heavy atom. The number of nitro groups is 1. The number of rotatable bonds is 5. The standard InChI is InChI=1S/C15H18F4N2O5S/c1-7(15(17,18)19)26-12-4-8(3-10(16)13(12)21(23)24)2-9-5-27(25)6-11(20)14(9)22/h3-4,7,9,11,14,22H,2,5-6,20H2,1H3/t7-,9+,11-,14-,27+/m0/s1. The largest absolute Gasteiger partial charge is 0.616 e. The van der Waals surface area contributed by atoms with Crippen LogP contribution in [0.3, 0.4) is 0 Å². The van der Waals surface area contributed by atoms with Gasteiger partial charge >= 0.3 is 11.9 Å². The van der Waals surface area contributed by atoms with Crippen LogP contribution in [0, 0.1) is 21.8 Å². The number of nitro benzene ring substituents is 1. The lowest BCUT2D eigenvalue weighted by molar-refractivity contribution is -0.389. The maximum Gasteiger partial charge on any atom is 0.425 e. The molecule has 0 spiro atoms. The monoisotopic (exact) mass is 414 g/mol. The second-order valence-electron chi connectivity index (χ2n) is 6.37. The number of hydrogen-bond acceptors (Lipinski definition) is 6. The van der Waals surface area contributed by atoms with Gasteiger partial charge in [-0.15, -0.1) is 0 Å². The Bertz CT molecular complexity index is 706. The summed E-state index contributed by atoms with van der Waals surface area (Å²) >= 11 is -1.31. The quantitative estimate of drug-likeness (QED) is 0.327. The molecule has 27 heavy (non-hydrogen) atoms. The van der Waals surface area contributed by atoms with Gasteiger partial charge in [0, 0.05) is 5.92 Å². The molecule has 1 aromatic rings. The van der Waals surface area contributed by atoms with E-state index in [4.69, 9.17) is 5.73 Å². The average Bonchev–Trinajstić information content (AvgIpc) is 2.50. The van der Waals surface area contributed by atoms with Crippen molar-refractivity contribution in [1.29, 1.82) is 0 Å². The minimum Gasteiger partial charge on any atom is -0.616 e. The van der Waals surface area contributed by atoms with Crippen LogP contribution in [0.15, 0.2) is 12.1 Å². The van der Waals surface area contributed by atoms with Gasteiger partial charge in [-0.1, -0.05) is 11.2 Å². The maximum atomic E-state index is 14.2. The topological polar surface area (TPSA) is 122 Å². The van der Waals surface area contributed by atoms with Crippen LogP contribution in [0.25, 0.3) is 0 Å². The van der Waals surface area contributed by atoms with E-state index in [1.54, 1.807) is 0 Å². The van der Waals surface area contributed by atoms with Crippen LogP contribution in [-0.4, -0.2) is 50.5 Å². The first-order valence-corrected chi connectivity index (χ1v) is 9.37. The van der Waals surface area contributed by atoms with Gasteiger partial charge in [0.15, 0.2) is 6.10 Å². The molecular formula is C15H18F4N2O5S. The Kier molecular flexibility index (Phi) is 6.55. The Labute approximate surface area is 154 Å². The molecule has 1 aliphatic heterocycles. The van der Waals surface area contributed by atoms with E-state index in [-0.39, 0.29) is 23.5 Å². The van der Waals surface area contributed by atoms with Crippen LogP contribution >= 0.6 is 0 Å². The van der Waals surface area contributed by atoms with Crippen LogP contribution < -0.4 is 10.5 Å². The van der Waals surface area contributed by atoms with E-state index >= 15 is 0 Å². The van der Waals surface area contributed by atoms with Gasteiger partial charge in [-0.3, -0.25) is 10.1 Å². The number of ether oxygens (including phenoxy) is 1. The van der Waals surface area contributed by atoms with Gasteiger partial charge < -0.3 is 20.1 Å². The van der Waals surface area contributed by atoms with Crippen molar-refractivity contribution in [2.24, 2.45) is 11.7 Å². The van der Waals surface area contributed by atoms with Crippen LogP contribution in [0.5, 0.6) is 5.75 Å². The van der Waals surface area contributed by atoms with Crippen molar-refractivity contribution in [1.82, 2.24) is 0 Å². The second kappa shape index (κ2) is 8.17. The predicted octanol–water partition coefficient (Wildman–Crippen LogP) is 1.67. The van der Waals surface area contributed by atoms with Crippen molar-refractivity contribution >= 4 is 16.9 Å². The number of aliphatic hydroxyl groups excluding tert-OH is 1. The van der Waals surface area contributed by atoms with E-state index in [2.05, 4.69) is 4.74 Å². The molecule has 1 aromatic carbocycles. The molecule has 7 nitrogen and oxygen atoms in total. The number of nitrogens with zero attached hydrogens (tertiary/aromatic N) is 1. The molecule has 12 heteroatoms. The molecule has 2 rings (SSSR count). The number of hydrogen-bond donors (Lipinski definition) is 2. The van der Waals surface area contributed by atoms with Gasteiger partial charge in [-0.25, -0.2) is 0 Å². The molecule has 0 unspecified atom stereocenters. The summed E-state index contributed by atoms with van der Waals surface area (Å²) in [5.41, 5.74) is 4.55. The van der Waals surface area contributed by atoms with E-state index in [0.717, 1.165) is 12.1 Å². The van der Waals surface area contributed by atoms with Gasteiger partial charge in [0.25, 0.3) is 0 Å². The molecule has 0 aliphatic carbocycles. The van der Waals surface area contributed by atoms with Crippen LogP contribution in [0.1, 0.15) is 12.5 Å². The van der Waals surface area contributed by atoms with Crippen molar-refractivity contribution in [3.05, 3.63) is 33.6 Å². The third kappa shape index (κ3) is 5.21. The molecule has 0 aromatic heterocycles. The highest BCUT2D eigenvalue weighted by molar-refractivity contribution is 7.91. The molecular weight excluding hydrogens is 396 g/mol. The molecule has 0 bridgehead atoms. The summed E-state index contributed by atoms with van der Waals surface area (Å²) in [6.45, 7) is 0.640. The number of halogens is 4. The predicted molar refractivity (Wildman–Crippen MR) is 88.3 cm³/mol. The molecule has 0 amide bonds. The van der Waals surface area contributed by atoms with Crippen molar-refractivity contribution < 1.29 is 36.9 Å². The summed E-state index contributed by atoms with van der Waals surface area (Å²) in [6.07, 6.45) is -8.32. The lowest BCUT2D eigenvalue weighted by atomic mass is 9.91. The normalized spacial score (nSPS) is 27.3. The van der Waals surface area contributed by atoms with Gasteiger partial charge in [-0.05, 0) is 31.0 Å². The minimum absolute atomic E-state index is 0.0672. The average molecular weight is 414 g/mol. The lowest BCUT2D eigenvalue weighted by Crippen LogP contribution is -2.52. The van der Waals surface area contributed by atoms with Crippen LogP contribution in [0.4, 0.5) is 23.2 Å². The first-order chi connectivity index (χ1) is 12.4. The SMILES string of the molecule is C[C@H](Oc1cc(C[C@@H]2C[S@@+]([O-])C[C@H](N)[C@H]2O)cc(F)c1[N+](=O)[O-])C(F)(F)F. The summed E-state index contributed by atoms with van der Waals surface area (Å²) in [6, 6.07) is 0.964. The molecule has 3 N–H and O–H groups in total. The summed E-state index contributed by atoms with van der Waals surface area (Å²) in [5.74, 6) is -2.69. The number of alkyl halides is 3. The molecule has 1 saturated heterocycles. The number of aliphatic hydroxyl groups is 1. The fourth-order valence-corrected chi connectivity index (χ4v) is 4.38. The Balaban J connectivity index is 2.34. The van der Waals surface area contributed by atoms with E-state index in [0.29, 0.717) is 6.92 Å². The third-order valence-corrected chi connectivity index (χ3v) is 5.79. The molecule has 0 radical (unpaired) electrons. The zero-order valence-corrected chi connectivity index (χ0v) is 14.9. The molecule has 5 atom stereocenters. The van der Waals surface area contributed by atoms with Gasteiger partial charge in [0.1, 0.15) is 11.5 Å². The number of nitrogens with two attached hydrogens (primary N) is 1. The van der Waals surface area contributed by atoms with Gasteiger partial charge in [-0.2, -0.15) is 17.6 Å². The summed E-state index contributed by atoms with van der Waals surface area (Å²) < 4.78 is 68.6. The van der Waals surface area contributed by atoms with Crippen molar-refractivity contribution in [3.8, 4) is 5.75 Å². The van der Waals surface area contributed by atoms with Gasteiger partial charge in [0.05, 0.1) is 17.1 Å². The van der Waals surface area contributed by atoms with Crippen molar-refractivity contribution in [2.75, 3.05) is 11.5 Å². The summed E-state index contributed by atoms with van der Waals surface area (Å²) in [5, 5.41) is 21.1. The summed E-state index contributed by atoms with van der Waals surface area (Å²) in [7, 11) is 0. The fraction of sp³-hybridized carbons (Fsp3) is 0.600. The highest BCUT2D eigenvalue weighted by atomic mass is 32.2. The highest BCUT2D eigenvalue weighted by Crippen LogP contribution is 2.36. The van der Waals surface area contributed by atoms with E-state index in [1.165, 1.54) is 0 Å². The molecule has 1 aliphatic rings. The Morgan fingerprint density at radius 2 is 2.07 bits per heavy atom. The van der Waals surface area contributed by atoms with Crippen molar-refractivity contribution in [2.45, 2.75) is 37.8 Å². The van der Waals surface area contributed by atoms with E-state index in [1.807, 2.05) is 0 Å². The molecule has 1 fully saturated rings. The first-order valence-electron chi connectivity index (χ1n) is 7.89. The van der Waals surface area contributed by atoms with Crippen LogP contribution in [0.2, 0.25) is 0 Å². The smallest absolute Gasteiger partial charge is 0.425 e. The second-order valence-corrected chi connectivity index (χ2v) is 7.92. The summed E-state index contributed by atoms with van der Waals surface area (Å²) in [4.78, 5) is 9.85. The molecule has 1 heterocycles. The minimum atomic E-state index is -4.80. The number of benzene rings is 1. The highest BCUT2D eigenvalue weighted by Gasteiger charge is 2.40.